The Labute approximate surface area is 101 Å². The summed E-state index contributed by atoms with van der Waals surface area (Å²) in [6.45, 7) is 3.36. The first-order chi connectivity index (χ1) is 8.34. The normalized spacial score (nSPS) is 29.8. The lowest BCUT2D eigenvalue weighted by Gasteiger charge is -2.35. The number of piperidine rings is 1. The van der Waals surface area contributed by atoms with Gasteiger partial charge in [0.1, 0.15) is 0 Å². The van der Waals surface area contributed by atoms with Gasteiger partial charge in [0.2, 0.25) is 5.95 Å². The molecule has 2 saturated heterocycles. The summed E-state index contributed by atoms with van der Waals surface area (Å²) in [5, 5.41) is 15.4. The van der Waals surface area contributed by atoms with Crippen LogP contribution in [0.3, 0.4) is 0 Å². The van der Waals surface area contributed by atoms with E-state index in [9.17, 15) is 0 Å². The smallest absolute Gasteiger partial charge is 0.245 e. The molecule has 0 amide bonds. The number of aryl methyl sites for hydroxylation is 1. The topological polar surface area (TPSA) is 58.9 Å². The van der Waals surface area contributed by atoms with E-state index in [-0.39, 0.29) is 0 Å². The zero-order chi connectivity index (χ0) is 11.7. The second-order valence-corrected chi connectivity index (χ2v) is 5.15. The summed E-state index contributed by atoms with van der Waals surface area (Å²) in [6, 6.07) is 0.707. The van der Waals surface area contributed by atoms with Crippen molar-refractivity contribution >= 4 is 5.95 Å². The second-order valence-electron chi connectivity index (χ2n) is 5.15. The van der Waals surface area contributed by atoms with E-state index < -0.39 is 0 Å². The number of hydrogen-bond acceptors (Lipinski definition) is 5. The van der Waals surface area contributed by atoms with Gasteiger partial charge in [0, 0.05) is 26.2 Å². The molecule has 2 fully saturated rings. The number of rotatable bonds is 2. The monoisotopic (exact) mass is 236 g/mol. The maximum atomic E-state index is 4.11. The van der Waals surface area contributed by atoms with Crippen LogP contribution < -0.4 is 10.2 Å². The summed E-state index contributed by atoms with van der Waals surface area (Å²) in [5.41, 5.74) is 0. The molecular weight excluding hydrogens is 216 g/mol. The number of nitrogens with zero attached hydrogens (tertiary/aromatic N) is 5. The molecule has 1 N–H and O–H groups in total. The van der Waals surface area contributed by atoms with Crippen molar-refractivity contribution in [3.63, 3.8) is 0 Å². The molecule has 2 atom stereocenters. The molecule has 0 bridgehead atoms. The molecule has 0 aliphatic carbocycles. The van der Waals surface area contributed by atoms with Crippen molar-refractivity contribution in [3.05, 3.63) is 0 Å². The van der Waals surface area contributed by atoms with E-state index in [0.29, 0.717) is 6.04 Å². The maximum Gasteiger partial charge on any atom is 0.245 e. The van der Waals surface area contributed by atoms with Gasteiger partial charge in [0.25, 0.3) is 0 Å². The van der Waals surface area contributed by atoms with Gasteiger partial charge in [-0.1, -0.05) is 5.10 Å². The number of hydrogen-bond donors (Lipinski definition) is 1. The Kier molecular flexibility index (Phi) is 2.96. The third kappa shape index (κ3) is 2.13. The maximum absolute atomic E-state index is 4.11. The fourth-order valence-corrected chi connectivity index (χ4v) is 3.13. The summed E-state index contributed by atoms with van der Waals surface area (Å²) in [7, 11) is 1.91. The predicted octanol–water partition coefficient (Wildman–Crippen LogP) is 0.178. The second kappa shape index (κ2) is 4.60. The summed E-state index contributed by atoms with van der Waals surface area (Å²) < 4.78 is 1.77. The average molecular weight is 236 g/mol. The van der Waals surface area contributed by atoms with Gasteiger partial charge in [0.05, 0.1) is 0 Å². The Morgan fingerprint density at radius 3 is 2.94 bits per heavy atom. The Morgan fingerprint density at radius 1 is 1.29 bits per heavy atom. The standard InChI is InChI=1S/C11H20N6/c1-16-11(13-14-15-16)17-7-3-4-9(8-17)10-5-2-6-12-10/h9-10,12H,2-8H2,1H3. The Morgan fingerprint density at radius 2 is 2.24 bits per heavy atom. The zero-order valence-electron chi connectivity index (χ0n) is 10.3. The lowest BCUT2D eigenvalue weighted by molar-refractivity contribution is 0.325. The largest absolute Gasteiger partial charge is 0.339 e. The highest BCUT2D eigenvalue weighted by Gasteiger charge is 2.30. The Bertz CT molecular complexity index is 370. The molecule has 1 aromatic heterocycles. The molecule has 3 rings (SSSR count). The Balaban J connectivity index is 1.69. The van der Waals surface area contributed by atoms with E-state index in [1.165, 1.54) is 32.2 Å². The third-order valence-electron chi connectivity index (χ3n) is 4.01. The van der Waals surface area contributed by atoms with Crippen molar-refractivity contribution in [2.75, 3.05) is 24.5 Å². The van der Waals surface area contributed by atoms with Crippen LogP contribution in [0.25, 0.3) is 0 Å². The van der Waals surface area contributed by atoms with E-state index in [1.807, 2.05) is 7.05 Å². The van der Waals surface area contributed by atoms with Gasteiger partial charge in [0.15, 0.2) is 0 Å². The SMILES string of the molecule is Cn1nnnc1N1CCCC(C2CCCN2)C1. The summed E-state index contributed by atoms with van der Waals surface area (Å²) >= 11 is 0. The van der Waals surface area contributed by atoms with Crippen LogP contribution >= 0.6 is 0 Å². The molecule has 6 heteroatoms. The molecule has 0 spiro atoms. The van der Waals surface area contributed by atoms with Gasteiger partial charge in [-0.05, 0) is 48.6 Å². The molecular formula is C11H20N6. The van der Waals surface area contributed by atoms with Gasteiger partial charge in [-0.3, -0.25) is 0 Å². The van der Waals surface area contributed by atoms with E-state index in [0.717, 1.165) is 25.0 Å². The van der Waals surface area contributed by atoms with Crippen LogP contribution in [0, 0.1) is 5.92 Å². The molecule has 6 nitrogen and oxygen atoms in total. The zero-order valence-corrected chi connectivity index (χ0v) is 10.3. The first-order valence-electron chi connectivity index (χ1n) is 6.55. The first-order valence-corrected chi connectivity index (χ1v) is 6.55. The fourth-order valence-electron chi connectivity index (χ4n) is 3.13. The molecule has 0 radical (unpaired) electrons. The molecule has 94 valence electrons. The van der Waals surface area contributed by atoms with Crippen LogP contribution in [0.15, 0.2) is 0 Å². The molecule has 2 aliphatic rings. The van der Waals surface area contributed by atoms with Gasteiger partial charge in [-0.2, -0.15) is 0 Å². The highest BCUT2D eigenvalue weighted by Crippen LogP contribution is 2.26. The van der Waals surface area contributed by atoms with Crippen LogP contribution in [-0.2, 0) is 7.05 Å². The summed E-state index contributed by atoms with van der Waals surface area (Å²) in [6.07, 6.45) is 5.23. The van der Waals surface area contributed by atoms with Crippen molar-refractivity contribution in [1.82, 2.24) is 25.5 Å². The van der Waals surface area contributed by atoms with Crippen molar-refractivity contribution in [2.24, 2.45) is 13.0 Å². The molecule has 3 heterocycles. The van der Waals surface area contributed by atoms with E-state index in [4.69, 9.17) is 0 Å². The van der Waals surface area contributed by atoms with Crippen LogP contribution in [0.4, 0.5) is 5.95 Å². The third-order valence-corrected chi connectivity index (χ3v) is 4.01. The molecule has 2 unspecified atom stereocenters. The van der Waals surface area contributed by atoms with Gasteiger partial charge in [-0.25, -0.2) is 4.68 Å². The first kappa shape index (κ1) is 11.0. The summed E-state index contributed by atoms with van der Waals surface area (Å²) in [4.78, 5) is 2.33. The predicted molar refractivity (Wildman–Crippen MR) is 64.8 cm³/mol. The Hall–Kier alpha value is -1.17. The van der Waals surface area contributed by atoms with Crippen molar-refractivity contribution in [2.45, 2.75) is 31.7 Å². The average Bonchev–Trinajstić information content (AvgIpc) is 2.99. The van der Waals surface area contributed by atoms with Crippen molar-refractivity contribution < 1.29 is 0 Å². The number of tetrazole rings is 1. The van der Waals surface area contributed by atoms with Crippen LogP contribution in [0.5, 0.6) is 0 Å². The lowest BCUT2D eigenvalue weighted by Crippen LogP contribution is -2.44. The van der Waals surface area contributed by atoms with Gasteiger partial charge >= 0.3 is 0 Å². The van der Waals surface area contributed by atoms with Gasteiger partial charge < -0.3 is 10.2 Å². The van der Waals surface area contributed by atoms with Crippen molar-refractivity contribution in [1.29, 1.82) is 0 Å². The molecule has 2 aliphatic heterocycles. The summed E-state index contributed by atoms with van der Waals surface area (Å²) in [5.74, 6) is 1.66. The molecule has 0 aromatic carbocycles. The van der Waals surface area contributed by atoms with Crippen LogP contribution in [0.2, 0.25) is 0 Å². The highest BCUT2D eigenvalue weighted by atomic mass is 15.6. The van der Waals surface area contributed by atoms with E-state index in [2.05, 4.69) is 25.7 Å². The number of nitrogens with one attached hydrogen (secondary N) is 1. The minimum atomic E-state index is 0.707. The van der Waals surface area contributed by atoms with Crippen LogP contribution in [-0.4, -0.2) is 45.9 Å². The van der Waals surface area contributed by atoms with Crippen LogP contribution in [0.1, 0.15) is 25.7 Å². The fraction of sp³-hybridized carbons (Fsp3) is 0.909. The quantitative estimate of drug-likeness (QED) is 0.793. The minimum Gasteiger partial charge on any atom is -0.339 e. The molecule has 17 heavy (non-hydrogen) atoms. The number of aromatic nitrogens is 4. The van der Waals surface area contributed by atoms with Crippen molar-refractivity contribution in [3.8, 4) is 0 Å². The highest BCUT2D eigenvalue weighted by molar-refractivity contribution is 5.28. The number of anilines is 1. The van der Waals surface area contributed by atoms with E-state index >= 15 is 0 Å². The minimum absolute atomic E-state index is 0.707. The molecule has 0 saturated carbocycles. The molecule has 1 aromatic rings. The lowest BCUT2D eigenvalue weighted by atomic mass is 9.90. The van der Waals surface area contributed by atoms with E-state index in [1.54, 1.807) is 4.68 Å². The van der Waals surface area contributed by atoms with Gasteiger partial charge in [-0.15, -0.1) is 0 Å².